The summed E-state index contributed by atoms with van der Waals surface area (Å²) in [7, 11) is 0. The Morgan fingerprint density at radius 3 is 2.60 bits per heavy atom. The van der Waals surface area contributed by atoms with Gasteiger partial charge in [0.2, 0.25) is 5.88 Å². The molecule has 1 aromatic carbocycles. The Hall–Kier alpha value is -2.56. The molecule has 20 heavy (non-hydrogen) atoms. The molecular formula is C15H12FN3O. The van der Waals surface area contributed by atoms with Crippen molar-refractivity contribution in [3.63, 3.8) is 0 Å². The molecule has 4 nitrogen and oxygen atoms in total. The highest BCUT2D eigenvalue weighted by atomic mass is 19.1. The van der Waals surface area contributed by atoms with Gasteiger partial charge < -0.3 is 4.74 Å². The van der Waals surface area contributed by atoms with Crippen molar-refractivity contribution in [1.82, 2.24) is 15.0 Å². The van der Waals surface area contributed by atoms with Crippen molar-refractivity contribution in [2.24, 2.45) is 0 Å². The summed E-state index contributed by atoms with van der Waals surface area (Å²) in [6.45, 7) is 2.40. The van der Waals surface area contributed by atoms with Crippen LogP contribution in [0.4, 0.5) is 4.39 Å². The fourth-order valence-electron chi connectivity index (χ4n) is 1.94. The number of fused-ring (bicyclic) bond motifs is 1. The molecule has 100 valence electrons. The molecule has 0 radical (unpaired) electrons. The second-order valence-electron chi connectivity index (χ2n) is 4.18. The van der Waals surface area contributed by atoms with Gasteiger partial charge in [-0.05, 0) is 43.3 Å². The molecule has 0 fully saturated rings. The standard InChI is InChI=1S/C15H12FN3O/c1-2-20-15-14-13(17-9-18-15)8-7-12(19-14)10-3-5-11(16)6-4-10/h3-9H,2H2,1H3. The molecule has 0 saturated heterocycles. The second kappa shape index (κ2) is 5.21. The molecule has 0 bridgehead atoms. The molecule has 0 spiro atoms. The van der Waals surface area contributed by atoms with Gasteiger partial charge in [0, 0.05) is 5.56 Å². The zero-order valence-electron chi connectivity index (χ0n) is 10.9. The third-order valence-electron chi connectivity index (χ3n) is 2.87. The lowest BCUT2D eigenvalue weighted by Gasteiger charge is -2.06. The van der Waals surface area contributed by atoms with E-state index < -0.39 is 0 Å². The Morgan fingerprint density at radius 2 is 1.85 bits per heavy atom. The summed E-state index contributed by atoms with van der Waals surface area (Å²) >= 11 is 0. The number of nitrogens with zero attached hydrogens (tertiary/aromatic N) is 3. The molecule has 0 N–H and O–H groups in total. The summed E-state index contributed by atoms with van der Waals surface area (Å²) in [6.07, 6.45) is 1.45. The second-order valence-corrected chi connectivity index (χ2v) is 4.18. The summed E-state index contributed by atoms with van der Waals surface area (Å²) in [6, 6.07) is 9.89. The normalized spacial score (nSPS) is 10.7. The average molecular weight is 269 g/mol. The molecule has 2 heterocycles. The van der Waals surface area contributed by atoms with E-state index in [1.807, 2.05) is 19.1 Å². The highest BCUT2D eigenvalue weighted by Gasteiger charge is 2.08. The maximum absolute atomic E-state index is 13.0. The molecule has 0 saturated carbocycles. The third-order valence-corrected chi connectivity index (χ3v) is 2.87. The number of hydrogen-bond acceptors (Lipinski definition) is 4. The van der Waals surface area contributed by atoms with E-state index >= 15 is 0 Å². The van der Waals surface area contributed by atoms with Crippen LogP contribution in [0.25, 0.3) is 22.3 Å². The first-order valence-electron chi connectivity index (χ1n) is 6.28. The van der Waals surface area contributed by atoms with Crippen molar-refractivity contribution in [1.29, 1.82) is 0 Å². The lowest BCUT2D eigenvalue weighted by atomic mass is 10.1. The highest BCUT2D eigenvalue weighted by Crippen LogP contribution is 2.24. The monoisotopic (exact) mass is 269 g/mol. The molecule has 0 unspecified atom stereocenters. The number of pyridine rings is 1. The van der Waals surface area contributed by atoms with E-state index in [2.05, 4.69) is 15.0 Å². The van der Waals surface area contributed by atoms with Crippen molar-refractivity contribution < 1.29 is 9.13 Å². The molecule has 0 atom stereocenters. The maximum Gasteiger partial charge on any atom is 0.243 e. The summed E-state index contributed by atoms with van der Waals surface area (Å²) in [5.41, 5.74) is 2.89. The molecule has 0 aliphatic rings. The third kappa shape index (κ3) is 2.30. The van der Waals surface area contributed by atoms with Gasteiger partial charge in [0.15, 0.2) is 5.52 Å². The van der Waals surface area contributed by atoms with Crippen LogP contribution < -0.4 is 4.74 Å². The first-order chi connectivity index (χ1) is 9.78. The first-order valence-corrected chi connectivity index (χ1v) is 6.28. The number of halogens is 1. The van der Waals surface area contributed by atoms with Gasteiger partial charge in [0.05, 0.1) is 17.8 Å². The van der Waals surface area contributed by atoms with Gasteiger partial charge in [-0.25, -0.2) is 14.4 Å². The van der Waals surface area contributed by atoms with Gasteiger partial charge in [-0.15, -0.1) is 0 Å². The van der Waals surface area contributed by atoms with Crippen LogP contribution in [0.3, 0.4) is 0 Å². The topological polar surface area (TPSA) is 47.9 Å². The van der Waals surface area contributed by atoms with Crippen LogP contribution in [0.15, 0.2) is 42.7 Å². The lowest BCUT2D eigenvalue weighted by molar-refractivity contribution is 0.330. The van der Waals surface area contributed by atoms with Crippen LogP contribution >= 0.6 is 0 Å². The molecule has 5 heteroatoms. The molecule has 3 rings (SSSR count). The Morgan fingerprint density at radius 1 is 1.05 bits per heavy atom. The Bertz CT molecular complexity index is 744. The Labute approximate surface area is 115 Å². The van der Waals surface area contributed by atoms with Crippen molar-refractivity contribution in [3.8, 4) is 17.1 Å². The molecule has 0 aliphatic heterocycles. The zero-order chi connectivity index (χ0) is 13.9. The highest BCUT2D eigenvalue weighted by molar-refractivity contribution is 5.81. The van der Waals surface area contributed by atoms with Gasteiger partial charge in [-0.3, -0.25) is 0 Å². The number of ether oxygens (including phenoxy) is 1. The fourth-order valence-corrected chi connectivity index (χ4v) is 1.94. The van der Waals surface area contributed by atoms with Gasteiger partial charge in [0.25, 0.3) is 0 Å². The lowest BCUT2D eigenvalue weighted by Crippen LogP contribution is -1.98. The van der Waals surface area contributed by atoms with Gasteiger partial charge >= 0.3 is 0 Å². The minimum Gasteiger partial charge on any atom is -0.476 e. The van der Waals surface area contributed by atoms with Gasteiger partial charge in [0.1, 0.15) is 12.1 Å². The SMILES string of the molecule is CCOc1ncnc2ccc(-c3ccc(F)cc3)nc12. The van der Waals surface area contributed by atoms with Crippen molar-refractivity contribution in [2.45, 2.75) is 6.92 Å². The van der Waals surface area contributed by atoms with Gasteiger partial charge in [-0.1, -0.05) is 0 Å². The van der Waals surface area contributed by atoms with Crippen molar-refractivity contribution in [2.75, 3.05) is 6.61 Å². The smallest absolute Gasteiger partial charge is 0.243 e. The van der Waals surface area contributed by atoms with E-state index in [0.29, 0.717) is 23.5 Å². The van der Waals surface area contributed by atoms with E-state index in [1.54, 1.807) is 12.1 Å². The molecular weight excluding hydrogens is 257 g/mol. The van der Waals surface area contributed by atoms with Crippen LogP contribution in [0.5, 0.6) is 5.88 Å². The number of benzene rings is 1. The van der Waals surface area contributed by atoms with Gasteiger partial charge in [-0.2, -0.15) is 4.98 Å². The Balaban J connectivity index is 2.13. The van der Waals surface area contributed by atoms with Crippen LogP contribution in [-0.2, 0) is 0 Å². The quantitative estimate of drug-likeness (QED) is 0.732. The van der Waals surface area contributed by atoms with Crippen LogP contribution in [0.2, 0.25) is 0 Å². The minimum absolute atomic E-state index is 0.270. The van der Waals surface area contributed by atoms with E-state index in [9.17, 15) is 4.39 Å². The predicted octanol–water partition coefficient (Wildman–Crippen LogP) is 3.23. The van der Waals surface area contributed by atoms with Crippen molar-refractivity contribution >= 4 is 11.0 Å². The number of hydrogen-bond donors (Lipinski definition) is 0. The summed E-state index contributed by atoms with van der Waals surface area (Å²) in [5, 5.41) is 0. The molecule has 3 aromatic rings. The van der Waals surface area contributed by atoms with E-state index in [-0.39, 0.29) is 5.82 Å². The zero-order valence-corrected chi connectivity index (χ0v) is 10.9. The number of aromatic nitrogens is 3. The summed E-state index contributed by atoms with van der Waals surface area (Å²) in [5.74, 6) is 0.189. The average Bonchev–Trinajstić information content (AvgIpc) is 2.48. The summed E-state index contributed by atoms with van der Waals surface area (Å²) in [4.78, 5) is 12.8. The van der Waals surface area contributed by atoms with E-state index in [1.165, 1.54) is 18.5 Å². The first kappa shape index (κ1) is 12.5. The van der Waals surface area contributed by atoms with E-state index in [4.69, 9.17) is 4.74 Å². The molecule has 2 aromatic heterocycles. The predicted molar refractivity (Wildman–Crippen MR) is 73.9 cm³/mol. The fraction of sp³-hybridized carbons (Fsp3) is 0.133. The molecule has 0 amide bonds. The van der Waals surface area contributed by atoms with E-state index in [0.717, 1.165) is 11.3 Å². The largest absolute Gasteiger partial charge is 0.476 e. The van der Waals surface area contributed by atoms with Crippen LogP contribution in [-0.4, -0.2) is 21.6 Å². The minimum atomic E-state index is -0.270. The maximum atomic E-state index is 13.0. The van der Waals surface area contributed by atoms with Crippen LogP contribution in [0, 0.1) is 5.82 Å². The Kier molecular flexibility index (Phi) is 3.25. The number of rotatable bonds is 3. The van der Waals surface area contributed by atoms with Crippen molar-refractivity contribution in [3.05, 3.63) is 48.5 Å². The summed E-state index contributed by atoms with van der Waals surface area (Å²) < 4.78 is 18.4. The molecule has 0 aliphatic carbocycles. The van der Waals surface area contributed by atoms with Crippen LogP contribution in [0.1, 0.15) is 6.92 Å².